The number of nitrogens with one attached hydrogen (secondary N) is 1. The monoisotopic (exact) mass is 479 g/mol. The van der Waals surface area contributed by atoms with Gasteiger partial charge >= 0.3 is 6.03 Å². The van der Waals surface area contributed by atoms with Gasteiger partial charge in [-0.1, -0.05) is 43.3 Å². The number of methoxy groups -OCH3 is 1. The molecule has 2 aromatic heterocycles. The molecule has 7 nitrogen and oxygen atoms in total. The Morgan fingerprint density at radius 3 is 2.69 bits per heavy atom. The van der Waals surface area contributed by atoms with Crippen LogP contribution in [0.4, 0.5) is 10.5 Å². The van der Waals surface area contributed by atoms with Crippen LogP contribution in [0.1, 0.15) is 29.3 Å². The number of aromatic nitrogens is 3. The van der Waals surface area contributed by atoms with E-state index >= 15 is 0 Å². The number of carbonyl (C=O) groups excluding carboxylic acids is 1. The van der Waals surface area contributed by atoms with E-state index in [1.54, 1.807) is 13.3 Å². The molecule has 1 aliphatic heterocycles. The lowest BCUT2D eigenvalue weighted by atomic mass is 9.96. The summed E-state index contributed by atoms with van der Waals surface area (Å²) in [6, 6.07) is 19.8. The molecule has 4 aromatic rings. The SMILES string of the molecule is CCc1cccc(NC(=O)N2CCc3nc(-c4ccc(OC)nc4)nc(-c4ccccc4C)c3C2)c1. The molecule has 36 heavy (non-hydrogen) atoms. The van der Waals surface area contributed by atoms with Gasteiger partial charge in [-0.15, -0.1) is 0 Å². The highest BCUT2D eigenvalue weighted by Crippen LogP contribution is 2.32. The maximum Gasteiger partial charge on any atom is 0.322 e. The Kier molecular flexibility index (Phi) is 6.62. The number of aryl methyl sites for hydroxylation is 2. The number of carbonyl (C=O) groups is 1. The Bertz CT molecular complexity index is 1400. The summed E-state index contributed by atoms with van der Waals surface area (Å²) in [5.41, 5.74) is 7.78. The number of amides is 2. The van der Waals surface area contributed by atoms with Crippen LogP contribution in [-0.2, 0) is 19.4 Å². The Balaban J connectivity index is 1.50. The van der Waals surface area contributed by atoms with Crippen LogP contribution in [0.2, 0.25) is 0 Å². The minimum absolute atomic E-state index is 0.118. The Labute approximate surface area is 211 Å². The molecule has 3 heterocycles. The molecule has 182 valence electrons. The van der Waals surface area contributed by atoms with Crippen LogP contribution in [-0.4, -0.2) is 39.5 Å². The average Bonchev–Trinajstić information content (AvgIpc) is 2.92. The van der Waals surface area contributed by atoms with Crippen molar-refractivity contribution in [3.63, 3.8) is 0 Å². The van der Waals surface area contributed by atoms with E-state index in [0.717, 1.165) is 45.7 Å². The predicted octanol–water partition coefficient (Wildman–Crippen LogP) is 5.68. The maximum absolute atomic E-state index is 13.2. The first-order valence-corrected chi connectivity index (χ1v) is 12.2. The third-order valence-electron chi connectivity index (χ3n) is 6.54. The van der Waals surface area contributed by atoms with Crippen LogP contribution in [0.15, 0.2) is 66.9 Å². The summed E-state index contributed by atoms with van der Waals surface area (Å²) in [6.45, 7) is 5.20. The van der Waals surface area contributed by atoms with E-state index in [4.69, 9.17) is 14.7 Å². The van der Waals surface area contributed by atoms with Gasteiger partial charge in [-0.25, -0.2) is 19.7 Å². The number of benzene rings is 2. The highest BCUT2D eigenvalue weighted by molar-refractivity contribution is 5.89. The van der Waals surface area contributed by atoms with Gasteiger partial charge in [0, 0.05) is 47.6 Å². The second-order valence-corrected chi connectivity index (χ2v) is 8.88. The van der Waals surface area contributed by atoms with E-state index in [0.29, 0.717) is 31.2 Å². The van der Waals surface area contributed by atoms with Gasteiger partial charge in [-0.2, -0.15) is 0 Å². The van der Waals surface area contributed by atoms with Crippen molar-refractivity contribution in [3.05, 3.63) is 89.2 Å². The van der Waals surface area contributed by atoms with Gasteiger partial charge in [0.05, 0.1) is 25.0 Å². The van der Waals surface area contributed by atoms with Crippen molar-refractivity contribution in [2.24, 2.45) is 0 Å². The second kappa shape index (κ2) is 10.2. The van der Waals surface area contributed by atoms with Gasteiger partial charge in [-0.05, 0) is 42.7 Å². The van der Waals surface area contributed by atoms with E-state index in [2.05, 4.69) is 42.3 Å². The lowest BCUT2D eigenvalue weighted by Gasteiger charge is -2.30. The fourth-order valence-corrected chi connectivity index (χ4v) is 4.48. The number of rotatable bonds is 5. The van der Waals surface area contributed by atoms with Crippen LogP contribution < -0.4 is 10.1 Å². The van der Waals surface area contributed by atoms with Crippen LogP contribution in [0.25, 0.3) is 22.6 Å². The van der Waals surface area contributed by atoms with Crippen LogP contribution >= 0.6 is 0 Å². The Morgan fingerprint density at radius 1 is 1.08 bits per heavy atom. The Hall–Kier alpha value is -4.26. The third-order valence-corrected chi connectivity index (χ3v) is 6.54. The first-order valence-electron chi connectivity index (χ1n) is 12.2. The van der Waals surface area contributed by atoms with E-state index in [9.17, 15) is 4.79 Å². The van der Waals surface area contributed by atoms with Crippen molar-refractivity contribution in [1.29, 1.82) is 0 Å². The standard InChI is InChI=1S/C29H29N5O2/c1-4-20-9-7-10-22(16-20)31-29(35)34-15-14-25-24(18-34)27(23-11-6-5-8-19(23)2)33-28(32-25)21-12-13-26(36-3)30-17-21/h5-13,16-17H,4,14-15,18H2,1-3H3,(H,31,35). The molecule has 0 fully saturated rings. The van der Waals surface area contributed by atoms with Gasteiger partial charge < -0.3 is 15.0 Å². The average molecular weight is 480 g/mol. The summed E-state index contributed by atoms with van der Waals surface area (Å²) in [4.78, 5) is 29.3. The zero-order valence-corrected chi connectivity index (χ0v) is 20.8. The molecule has 2 amide bonds. The molecular formula is C29H29N5O2. The topological polar surface area (TPSA) is 80.2 Å². The summed E-state index contributed by atoms with van der Waals surface area (Å²) < 4.78 is 5.20. The number of ether oxygens (including phenoxy) is 1. The van der Waals surface area contributed by atoms with Gasteiger partial charge in [-0.3, -0.25) is 0 Å². The number of fused-ring (bicyclic) bond motifs is 1. The van der Waals surface area contributed by atoms with E-state index < -0.39 is 0 Å². The highest BCUT2D eigenvalue weighted by atomic mass is 16.5. The zero-order chi connectivity index (χ0) is 25.1. The second-order valence-electron chi connectivity index (χ2n) is 8.88. The van der Waals surface area contributed by atoms with Crippen molar-refractivity contribution in [2.45, 2.75) is 33.2 Å². The lowest BCUT2D eigenvalue weighted by Crippen LogP contribution is -2.39. The van der Waals surface area contributed by atoms with Crippen molar-refractivity contribution < 1.29 is 9.53 Å². The number of pyridine rings is 1. The van der Waals surface area contributed by atoms with Crippen LogP contribution in [0.5, 0.6) is 5.88 Å². The number of hydrogen-bond donors (Lipinski definition) is 1. The van der Waals surface area contributed by atoms with Gasteiger partial charge in [0.1, 0.15) is 0 Å². The minimum Gasteiger partial charge on any atom is -0.481 e. The summed E-state index contributed by atoms with van der Waals surface area (Å²) in [5.74, 6) is 1.17. The number of anilines is 1. The van der Waals surface area contributed by atoms with Crippen LogP contribution in [0.3, 0.4) is 0 Å². The molecule has 5 rings (SSSR count). The molecule has 0 radical (unpaired) electrons. The summed E-state index contributed by atoms with van der Waals surface area (Å²) in [7, 11) is 1.59. The third kappa shape index (κ3) is 4.77. The van der Waals surface area contributed by atoms with Crippen molar-refractivity contribution in [2.75, 3.05) is 19.0 Å². The van der Waals surface area contributed by atoms with Crippen LogP contribution in [0, 0.1) is 6.92 Å². The molecule has 0 saturated heterocycles. The van der Waals surface area contributed by atoms with E-state index in [1.807, 2.05) is 47.4 Å². The fraction of sp³-hybridized carbons (Fsp3) is 0.241. The smallest absolute Gasteiger partial charge is 0.322 e. The number of hydrogen-bond acceptors (Lipinski definition) is 5. The van der Waals surface area contributed by atoms with Gasteiger partial charge in [0.25, 0.3) is 0 Å². The molecule has 7 heteroatoms. The van der Waals surface area contributed by atoms with Crippen molar-refractivity contribution in [3.8, 4) is 28.5 Å². The minimum atomic E-state index is -0.118. The Morgan fingerprint density at radius 2 is 1.94 bits per heavy atom. The molecular weight excluding hydrogens is 450 g/mol. The highest BCUT2D eigenvalue weighted by Gasteiger charge is 2.27. The first kappa shape index (κ1) is 23.5. The van der Waals surface area contributed by atoms with Gasteiger partial charge in [0.2, 0.25) is 5.88 Å². The lowest BCUT2D eigenvalue weighted by molar-refractivity contribution is 0.206. The number of urea groups is 1. The van der Waals surface area contributed by atoms with E-state index in [1.165, 1.54) is 5.56 Å². The fourth-order valence-electron chi connectivity index (χ4n) is 4.48. The molecule has 0 aliphatic carbocycles. The quantitative estimate of drug-likeness (QED) is 0.399. The van der Waals surface area contributed by atoms with Crippen molar-refractivity contribution in [1.82, 2.24) is 19.9 Å². The molecule has 0 bridgehead atoms. The molecule has 0 saturated carbocycles. The maximum atomic E-state index is 13.2. The molecule has 0 unspecified atom stereocenters. The van der Waals surface area contributed by atoms with Gasteiger partial charge in [0.15, 0.2) is 5.82 Å². The molecule has 0 atom stereocenters. The first-order chi connectivity index (χ1) is 17.6. The summed E-state index contributed by atoms with van der Waals surface area (Å²) in [6.07, 6.45) is 3.30. The summed E-state index contributed by atoms with van der Waals surface area (Å²) in [5, 5.41) is 3.06. The predicted molar refractivity (Wildman–Crippen MR) is 141 cm³/mol. The molecule has 2 aromatic carbocycles. The molecule has 1 aliphatic rings. The number of nitrogens with zero attached hydrogens (tertiary/aromatic N) is 4. The normalized spacial score (nSPS) is 12.7. The zero-order valence-electron chi connectivity index (χ0n) is 20.8. The van der Waals surface area contributed by atoms with E-state index in [-0.39, 0.29) is 6.03 Å². The molecule has 0 spiro atoms. The molecule has 1 N–H and O–H groups in total. The largest absolute Gasteiger partial charge is 0.481 e. The van der Waals surface area contributed by atoms with Crippen molar-refractivity contribution >= 4 is 11.7 Å². The summed E-state index contributed by atoms with van der Waals surface area (Å²) >= 11 is 0.